The molecule has 58 valence electrons. The number of methoxy groups -OCH3 is 1. The highest BCUT2D eigenvalue weighted by atomic mass is 32.2. The van der Waals surface area contributed by atoms with Crippen LogP contribution in [0.15, 0.2) is 0 Å². The van der Waals surface area contributed by atoms with Crippen molar-refractivity contribution in [3.05, 3.63) is 0 Å². The molecule has 0 aromatic carbocycles. The number of carbonyl (C=O) groups excluding carboxylic acids is 1. The molecule has 0 spiro atoms. The Morgan fingerprint density at radius 3 is 2.80 bits per heavy atom. The minimum Gasteiger partial charge on any atom is -0.469 e. The molecule has 4 heteroatoms. The molecule has 1 heterocycles. The maximum atomic E-state index is 10.9. The Kier molecular flexibility index (Phi) is 2.56. The van der Waals surface area contributed by atoms with E-state index in [9.17, 15) is 4.79 Å². The molecule has 1 fully saturated rings. The number of esters is 1. The summed E-state index contributed by atoms with van der Waals surface area (Å²) in [5.74, 6) is 1.45. The lowest BCUT2D eigenvalue weighted by molar-refractivity contribution is -0.144. The molecule has 1 saturated heterocycles. The van der Waals surface area contributed by atoms with Crippen molar-refractivity contribution in [2.75, 3.05) is 18.6 Å². The average Bonchev–Trinajstić information content (AvgIpc) is 2.34. The van der Waals surface area contributed by atoms with Crippen molar-refractivity contribution in [1.29, 1.82) is 0 Å². The highest BCUT2D eigenvalue weighted by Gasteiger charge is 2.31. The molecule has 0 amide bonds. The standard InChI is InChI=1S/C6H11NO2S/c1-9-6(8)4-2-10-3-5(4)7/h4-5H,2-3,7H2,1H3. The van der Waals surface area contributed by atoms with Crippen LogP contribution >= 0.6 is 11.8 Å². The maximum absolute atomic E-state index is 10.9. The first-order chi connectivity index (χ1) is 4.75. The van der Waals surface area contributed by atoms with Crippen LogP contribution in [0, 0.1) is 5.92 Å². The smallest absolute Gasteiger partial charge is 0.311 e. The quantitative estimate of drug-likeness (QED) is 0.543. The molecular formula is C6H11NO2S. The Bertz CT molecular complexity index is 140. The van der Waals surface area contributed by atoms with E-state index in [-0.39, 0.29) is 17.9 Å². The van der Waals surface area contributed by atoms with Gasteiger partial charge in [0.15, 0.2) is 0 Å². The van der Waals surface area contributed by atoms with Crippen LogP contribution in [-0.4, -0.2) is 30.6 Å². The molecule has 1 aliphatic heterocycles. The first-order valence-corrected chi connectivity index (χ1v) is 4.32. The van der Waals surface area contributed by atoms with E-state index >= 15 is 0 Å². The molecule has 0 saturated carbocycles. The van der Waals surface area contributed by atoms with Crippen LogP contribution in [-0.2, 0) is 9.53 Å². The highest BCUT2D eigenvalue weighted by Crippen LogP contribution is 2.23. The van der Waals surface area contributed by atoms with E-state index in [4.69, 9.17) is 5.73 Å². The van der Waals surface area contributed by atoms with Crippen molar-refractivity contribution in [2.24, 2.45) is 11.7 Å². The Morgan fingerprint density at radius 2 is 2.40 bits per heavy atom. The maximum Gasteiger partial charge on any atom is 0.311 e. The lowest BCUT2D eigenvalue weighted by Gasteiger charge is -2.10. The van der Waals surface area contributed by atoms with Gasteiger partial charge in [0, 0.05) is 17.5 Å². The van der Waals surface area contributed by atoms with Gasteiger partial charge in [-0.1, -0.05) is 0 Å². The Hall–Kier alpha value is -0.220. The first kappa shape index (κ1) is 7.88. The molecule has 0 aliphatic carbocycles. The number of thioether (sulfide) groups is 1. The number of nitrogens with two attached hydrogens (primary N) is 1. The second kappa shape index (κ2) is 3.25. The lowest BCUT2D eigenvalue weighted by atomic mass is 10.1. The minimum absolute atomic E-state index is 0.00236. The number of hydrogen-bond donors (Lipinski definition) is 1. The predicted molar refractivity (Wildman–Crippen MR) is 40.8 cm³/mol. The molecule has 10 heavy (non-hydrogen) atoms. The molecule has 3 nitrogen and oxygen atoms in total. The molecule has 0 aromatic rings. The molecule has 1 aliphatic rings. The van der Waals surface area contributed by atoms with Gasteiger partial charge in [-0.15, -0.1) is 0 Å². The van der Waals surface area contributed by atoms with E-state index in [1.54, 1.807) is 11.8 Å². The van der Waals surface area contributed by atoms with Crippen LogP contribution < -0.4 is 5.73 Å². The van der Waals surface area contributed by atoms with Crippen LogP contribution in [0.25, 0.3) is 0 Å². The van der Waals surface area contributed by atoms with E-state index in [1.807, 2.05) is 0 Å². The summed E-state index contributed by atoms with van der Waals surface area (Å²) in [6.07, 6.45) is 0. The van der Waals surface area contributed by atoms with Crippen LogP contribution in [0.4, 0.5) is 0 Å². The van der Waals surface area contributed by atoms with Gasteiger partial charge in [0.2, 0.25) is 0 Å². The van der Waals surface area contributed by atoms with Crippen LogP contribution in [0.2, 0.25) is 0 Å². The summed E-state index contributed by atoms with van der Waals surface area (Å²) in [5.41, 5.74) is 5.63. The summed E-state index contributed by atoms with van der Waals surface area (Å²) >= 11 is 1.71. The van der Waals surface area contributed by atoms with Gasteiger partial charge in [-0.25, -0.2) is 0 Å². The van der Waals surface area contributed by atoms with Crippen molar-refractivity contribution in [3.63, 3.8) is 0 Å². The average molecular weight is 161 g/mol. The van der Waals surface area contributed by atoms with Crippen molar-refractivity contribution >= 4 is 17.7 Å². The summed E-state index contributed by atoms with van der Waals surface area (Å²) < 4.78 is 4.57. The topological polar surface area (TPSA) is 52.3 Å². The highest BCUT2D eigenvalue weighted by molar-refractivity contribution is 7.99. The van der Waals surface area contributed by atoms with Crippen molar-refractivity contribution in [2.45, 2.75) is 6.04 Å². The Labute approximate surface area is 64.3 Å². The number of rotatable bonds is 1. The third kappa shape index (κ3) is 1.44. The zero-order valence-corrected chi connectivity index (χ0v) is 6.69. The number of ether oxygens (including phenoxy) is 1. The first-order valence-electron chi connectivity index (χ1n) is 3.17. The molecular weight excluding hydrogens is 150 g/mol. The van der Waals surface area contributed by atoms with E-state index in [1.165, 1.54) is 7.11 Å². The van der Waals surface area contributed by atoms with E-state index in [0.717, 1.165) is 11.5 Å². The summed E-state index contributed by atoms with van der Waals surface area (Å²) in [7, 11) is 1.40. The van der Waals surface area contributed by atoms with Crippen LogP contribution in [0.5, 0.6) is 0 Å². The summed E-state index contributed by atoms with van der Waals surface area (Å²) in [6.45, 7) is 0. The fourth-order valence-electron chi connectivity index (χ4n) is 0.965. The zero-order valence-electron chi connectivity index (χ0n) is 5.87. The summed E-state index contributed by atoms with van der Waals surface area (Å²) in [6, 6.07) is -0.00236. The van der Waals surface area contributed by atoms with Gasteiger partial charge in [0.05, 0.1) is 13.0 Å². The molecule has 0 aromatic heterocycles. The van der Waals surface area contributed by atoms with E-state index in [0.29, 0.717) is 0 Å². The predicted octanol–water partition coefficient (Wildman–Crippen LogP) is -0.150. The van der Waals surface area contributed by atoms with Crippen molar-refractivity contribution in [3.8, 4) is 0 Å². The van der Waals surface area contributed by atoms with Gasteiger partial charge < -0.3 is 10.5 Å². The largest absolute Gasteiger partial charge is 0.469 e. The van der Waals surface area contributed by atoms with Gasteiger partial charge in [-0.05, 0) is 0 Å². The Balaban J connectivity index is 2.46. The van der Waals surface area contributed by atoms with Crippen LogP contribution in [0.1, 0.15) is 0 Å². The third-order valence-electron chi connectivity index (χ3n) is 1.63. The molecule has 0 bridgehead atoms. The van der Waals surface area contributed by atoms with Gasteiger partial charge >= 0.3 is 5.97 Å². The van der Waals surface area contributed by atoms with Crippen LogP contribution in [0.3, 0.4) is 0 Å². The van der Waals surface area contributed by atoms with Gasteiger partial charge in [0.1, 0.15) is 0 Å². The molecule has 0 radical (unpaired) electrons. The summed E-state index contributed by atoms with van der Waals surface area (Å²) in [5, 5.41) is 0. The van der Waals surface area contributed by atoms with Crippen molar-refractivity contribution in [1.82, 2.24) is 0 Å². The lowest BCUT2D eigenvalue weighted by Crippen LogP contribution is -2.34. The Morgan fingerprint density at radius 1 is 1.70 bits per heavy atom. The van der Waals surface area contributed by atoms with E-state index < -0.39 is 0 Å². The number of carbonyl (C=O) groups is 1. The van der Waals surface area contributed by atoms with Gasteiger partial charge in [-0.3, -0.25) is 4.79 Å². The molecule has 2 unspecified atom stereocenters. The fourth-order valence-corrected chi connectivity index (χ4v) is 2.24. The minimum atomic E-state index is -0.169. The number of hydrogen-bond acceptors (Lipinski definition) is 4. The monoisotopic (exact) mass is 161 g/mol. The fraction of sp³-hybridized carbons (Fsp3) is 0.833. The zero-order chi connectivity index (χ0) is 7.56. The molecule has 2 atom stereocenters. The van der Waals surface area contributed by atoms with Gasteiger partial charge in [0.25, 0.3) is 0 Å². The SMILES string of the molecule is COC(=O)C1CSCC1N. The van der Waals surface area contributed by atoms with Gasteiger partial charge in [-0.2, -0.15) is 11.8 Å². The second-order valence-corrected chi connectivity index (χ2v) is 3.41. The normalized spacial score (nSPS) is 32.2. The van der Waals surface area contributed by atoms with E-state index in [2.05, 4.69) is 4.74 Å². The second-order valence-electron chi connectivity index (χ2n) is 2.33. The summed E-state index contributed by atoms with van der Waals surface area (Å²) in [4.78, 5) is 10.9. The third-order valence-corrected chi connectivity index (χ3v) is 2.84. The molecule has 2 N–H and O–H groups in total. The molecule has 1 rings (SSSR count). The van der Waals surface area contributed by atoms with Crippen molar-refractivity contribution < 1.29 is 9.53 Å².